The quantitative estimate of drug-likeness (QED) is 0.847. The molecule has 1 N–H and O–H groups in total. The van der Waals surface area contributed by atoms with Crippen molar-refractivity contribution in [2.24, 2.45) is 5.92 Å². The second-order valence-corrected chi connectivity index (χ2v) is 8.03. The first-order valence-corrected chi connectivity index (χ1v) is 8.80. The minimum atomic E-state index is -4.48. The van der Waals surface area contributed by atoms with Gasteiger partial charge in [0.05, 0.1) is 12.6 Å². The van der Waals surface area contributed by atoms with Gasteiger partial charge in [0, 0.05) is 12.1 Å². The lowest BCUT2D eigenvalue weighted by Gasteiger charge is -2.35. The summed E-state index contributed by atoms with van der Waals surface area (Å²) in [6, 6.07) is 0.981. The Morgan fingerprint density at radius 3 is 2.50 bits per heavy atom. The molecule has 0 bridgehead atoms. The number of nitrogens with zero attached hydrogens (tertiary/aromatic N) is 2. The highest BCUT2D eigenvalue weighted by molar-refractivity contribution is 5.68. The molecule has 3 rings (SSSR count). The SMILES string of the molecule is CC(C)(C)OC(=O)N[C@H]1C[C@@H](COc2cc(C(F)(F)F)nn2C2CC2)C1. The molecule has 0 saturated heterocycles. The summed E-state index contributed by atoms with van der Waals surface area (Å²) in [5, 5.41) is 6.43. The van der Waals surface area contributed by atoms with E-state index < -0.39 is 23.6 Å². The van der Waals surface area contributed by atoms with Gasteiger partial charge in [-0.1, -0.05) is 0 Å². The number of hydrogen-bond acceptors (Lipinski definition) is 4. The molecule has 0 unspecified atom stereocenters. The van der Waals surface area contributed by atoms with Crippen LogP contribution in [0.15, 0.2) is 6.07 Å². The zero-order chi connectivity index (χ0) is 19.1. The molecule has 2 aliphatic rings. The van der Waals surface area contributed by atoms with E-state index in [2.05, 4.69) is 10.4 Å². The normalized spacial score (nSPS) is 23.3. The minimum absolute atomic E-state index is 0.00377. The van der Waals surface area contributed by atoms with Crippen molar-refractivity contribution in [2.75, 3.05) is 6.61 Å². The third kappa shape index (κ3) is 4.82. The van der Waals surface area contributed by atoms with E-state index in [1.165, 1.54) is 4.68 Å². The van der Waals surface area contributed by atoms with Crippen molar-refractivity contribution in [1.82, 2.24) is 15.1 Å². The van der Waals surface area contributed by atoms with E-state index in [1.54, 1.807) is 20.8 Å². The largest absolute Gasteiger partial charge is 0.478 e. The molecule has 0 spiro atoms. The molecular formula is C17H24F3N3O3. The molecule has 1 heterocycles. The highest BCUT2D eigenvalue weighted by atomic mass is 19.4. The second-order valence-electron chi connectivity index (χ2n) is 8.03. The Balaban J connectivity index is 1.46. The van der Waals surface area contributed by atoms with Crippen molar-refractivity contribution >= 4 is 6.09 Å². The van der Waals surface area contributed by atoms with Gasteiger partial charge in [-0.2, -0.15) is 18.3 Å². The van der Waals surface area contributed by atoms with Crippen molar-refractivity contribution < 1.29 is 27.4 Å². The summed E-state index contributed by atoms with van der Waals surface area (Å²) in [6.07, 6.45) is -1.87. The van der Waals surface area contributed by atoms with Gasteiger partial charge in [-0.3, -0.25) is 0 Å². The summed E-state index contributed by atoms with van der Waals surface area (Å²) in [4.78, 5) is 11.7. The van der Waals surface area contributed by atoms with Crippen LogP contribution < -0.4 is 10.1 Å². The number of aromatic nitrogens is 2. The maximum atomic E-state index is 12.8. The van der Waals surface area contributed by atoms with E-state index in [1.807, 2.05) is 0 Å². The minimum Gasteiger partial charge on any atom is -0.478 e. The molecule has 0 aromatic carbocycles. The Bertz CT molecular complexity index is 656. The van der Waals surface area contributed by atoms with Crippen LogP contribution in [0.1, 0.15) is 58.2 Å². The fraction of sp³-hybridized carbons (Fsp3) is 0.765. The lowest BCUT2D eigenvalue weighted by atomic mass is 9.81. The summed E-state index contributed by atoms with van der Waals surface area (Å²) in [7, 11) is 0. The van der Waals surface area contributed by atoms with E-state index in [0.717, 1.165) is 18.9 Å². The number of alkyl halides is 3. The van der Waals surface area contributed by atoms with Crippen LogP contribution in [0.3, 0.4) is 0 Å². The van der Waals surface area contributed by atoms with Gasteiger partial charge in [-0.05, 0) is 52.4 Å². The zero-order valence-corrected chi connectivity index (χ0v) is 15.1. The Kier molecular flexibility index (Phi) is 4.83. The predicted molar refractivity (Wildman–Crippen MR) is 86.9 cm³/mol. The van der Waals surface area contributed by atoms with Crippen LogP contribution >= 0.6 is 0 Å². The van der Waals surface area contributed by atoms with Gasteiger partial charge in [0.25, 0.3) is 0 Å². The van der Waals surface area contributed by atoms with Crippen LogP contribution in [0, 0.1) is 5.92 Å². The van der Waals surface area contributed by atoms with Crippen LogP contribution in [0.5, 0.6) is 5.88 Å². The molecule has 26 heavy (non-hydrogen) atoms. The van der Waals surface area contributed by atoms with Gasteiger partial charge in [0.1, 0.15) is 5.60 Å². The predicted octanol–water partition coefficient (Wildman–Crippen LogP) is 3.92. The first-order valence-electron chi connectivity index (χ1n) is 8.80. The second kappa shape index (κ2) is 6.66. The topological polar surface area (TPSA) is 65.4 Å². The third-order valence-electron chi connectivity index (χ3n) is 4.31. The Morgan fingerprint density at radius 2 is 1.96 bits per heavy atom. The number of nitrogens with one attached hydrogen (secondary N) is 1. The molecule has 0 aliphatic heterocycles. The molecule has 0 radical (unpaired) electrons. The van der Waals surface area contributed by atoms with Crippen LogP contribution in [-0.4, -0.2) is 34.1 Å². The molecule has 2 aliphatic carbocycles. The van der Waals surface area contributed by atoms with E-state index in [-0.39, 0.29) is 23.9 Å². The van der Waals surface area contributed by atoms with E-state index in [4.69, 9.17) is 9.47 Å². The fourth-order valence-corrected chi connectivity index (χ4v) is 2.87. The third-order valence-corrected chi connectivity index (χ3v) is 4.31. The molecule has 2 saturated carbocycles. The van der Waals surface area contributed by atoms with Gasteiger partial charge >= 0.3 is 12.3 Å². The molecular weight excluding hydrogens is 351 g/mol. The Labute approximate surface area is 150 Å². The highest BCUT2D eigenvalue weighted by Gasteiger charge is 2.38. The van der Waals surface area contributed by atoms with Gasteiger partial charge < -0.3 is 14.8 Å². The van der Waals surface area contributed by atoms with Crippen LogP contribution in [0.25, 0.3) is 0 Å². The summed E-state index contributed by atoms with van der Waals surface area (Å²) in [5.74, 6) is 0.357. The highest BCUT2D eigenvalue weighted by Crippen LogP contribution is 2.40. The molecule has 1 aromatic heterocycles. The standard InChI is InChI=1S/C17H24F3N3O3/c1-16(2,3)26-15(24)21-11-6-10(7-11)9-25-14-8-13(17(18,19)20)22-23(14)12-4-5-12/h8,10-12H,4-7,9H2,1-3H3,(H,21,24)/t10-,11+. The summed E-state index contributed by atoms with van der Waals surface area (Å²) < 4.78 is 50.7. The van der Waals surface area contributed by atoms with E-state index >= 15 is 0 Å². The lowest BCUT2D eigenvalue weighted by molar-refractivity contribution is -0.141. The molecule has 146 valence electrons. The molecule has 1 aromatic rings. The Morgan fingerprint density at radius 1 is 1.31 bits per heavy atom. The van der Waals surface area contributed by atoms with Crippen molar-refractivity contribution in [3.63, 3.8) is 0 Å². The number of carbonyl (C=O) groups excluding carboxylic acids is 1. The monoisotopic (exact) mass is 375 g/mol. The number of alkyl carbamates (subject to hydrolysis) is 1. The number of halogens is 3. The average Bonchev–Trinajstić information content (AvgIpc) is 3.18. The summed E-state index contributed by atoms with van der Waals surface area (Å²) in [5.41, 5.74) is -1.47. The van der Waals surface area contributed by atoms with Crippen molar-refractivity contribution in [1.29, 1.82) is 0 Å². The van der Waals surface area contributed by atoms with E-state index in [9.17, 15) is 18.0 Å². The van der Waals surface area contributed by atoms with Crippen molar-refractivity contribution in [2.45, 2.75) is 70.3 Å². The number of carbonyl (C=O) groups is 1. The first kappa shape index (κ1) is 18.8. The number of amides is 1. The lowest BCUT2D eigenvalue weighted by Crippen LogP contribution is -2.47. The van der Waals surface area contributed by atoms with Crippen LogP contribution in [-0.2, 0) is 10.9 Å². The number of ether oxygens (including phenoxy) is 2. The summed E-state index contributed by atoms with van der Waals surface area (Å²) >= 11 is 0. The first-order chi connectivity index (χ1) is 12.0. The van der Waals surface area contributed by atoms with Gasteiger partial charge in [-0.15, -0.1) is 0 Å². The average molecular weight is 375 g/mol. The maximum absolute atomic E-state index is 12.8. The van der Waals surface area contributed by atoms with Gasteiger partial charge in [0.2, 0.25) is 5.88 Å². The smallest absolute Gasteiger partial charge is 0.435 e. The van der Waals surface area contributed by atoms with Crippen LogP contribution in [0.4, 0.5) is 18.0 Å². The number of rotatable bonds is 5. The van der Waals surface area contributed by atoms with Gasteiger partial charge in [-0.25, -0.2) is 9.48 Å². The molecule has 1 amide bonds. The van der Waals surface area contributed by atoms with E-state index in [0.29, 0.717) is 19.4 Å². The van der Waals surface area contributed by atoms with Crippen LogP contribution in [0.2, 0.25) is 0 Å². The maximum Gasteiger partial charge on any atom is 0.435 e. The fourth-order valence-electron chi connectivity index (χ4n) is 2.87. The summed E-state index contributed by atoms with van der Waals surface area (Å²) in [6.45, 7) is 5.69. The zero-order valence-electron chi connectivity index (χ0n) is 15.1. The van der Waals surface area contributed by atoms with Crippen molar-refractivity contribution in [3.8, 4) is 5.88 Å². The molecule has 9 heteroatoms. The van der Waals surface area contributed by atoms with Crippen molar-refractivity contribution in [3.05, 3.63) is 11.8 Å². The Hall–Kier alpha value is -1.93. The molecule has 6 nitrogen and oxygen atoms in total. The molecule has 0 atom stereocenters. The molecule has 2 fully saturated rings. The van der Waals surface area contributed by atoms with Gasteiger partial charge in [0.15, 0.2) is 5.69 Å². The number of hydrogen-bond donors (Lipinski definition) is 1.